The Kier molecular flexibility index (Phi) is 9.07. The predicted octanol–water partition coefficient (Wildman–Crippen LogP) is 2.39. The van der Waals surface area contributed by atoms with Gasteiger partial charge in [0.1, 0.15) is 11.8 Å². The zero-order chi connectivity index (χ0) is 23.0. The molecule has 2 rings (SSSR count). The zero-order valence-corrected chi connectivity index (χ0v) is 20.0. The Morgan fingerprint density at radius 1 is 1.23 bits per heavy atom. The van der Waals surface area contributed by atoms with E-state index in [9.17, 15) is 18.0 Å². The lowest BCUT2D eigenvalue weighted by atomic mass is 10.2. The van der Waals surface area contributed by atoms with Gasteiger partial charge in [-0.15, -0.1) is 10.2 Å². The van der Waals surface area contributed by atoms with Crippen LogP contribution in [-0.2, 0) is 24.3 Å². The molecule has 0 saturated heterocycles. The van der Waals surface area contributed by atoms with E-state index in [1.165, 1.54) is 7.11 Å². The molecular formula is C18H24N4O6S3. The normalized spacial score (nSPS) is 12.1. The topological polar surface area (TPSA) is 128 Å². The van der Waals surface area contributed by atoms with Gasteiger partial charge in [-0.05, 0) is 37.6 Å². The molecule has 2 aromatic rings. The number of thioether (sulfide) groups is 1. The van der Waals surface area contributed by atoms with Gasteiger partial charge in [-0.1, -0.05) is 30.0 Å². The van der Waals surface area contributed by atoms with Crippen LogP contribution in [0.2, 0.25) is 0 Å². The highest BCUT2D eigenvalue weighted by atomic mass is 32.2. The fraction of sp³-hybridized carbons (Fsp3) is 0.444. The number of hydrogen-bond acceptors (Lipinski definition) is 10. The number of esters is 1. The fourth-order valence-corrected chi connectivity index (χ4v) is 5.40. The average Bonchev–Trinajstić information content (AvgIpc) is 3.17. The van der Waals surface area contributed by atoms with E-state index in [0.29, 0.717) is 22.4 Å². The van der Waals surface area contributed by atoms with Crippen LogP contribution >= 0.6 is 23.1 Å². The third kappa shape index (κ3) is 7.08. The van der Waals surface area contributed by atoms with Crippen LogP contribution in [0.4, 0.5) is 10.8 Å². The highest BCUT2D eigenvalue weighted by Gasteiger charge is 2.32. The second-order valence-electron chi connectivity index (χ2n) is 6.14. The molecule has 0 aliphatic rings. The molecule has 1 aromatic heterocycles. The Labute approximate surface area is 189 Å². The number of aromatic nitrogens is 2. The van der Waals surface area contributed by atoms with Crippen LogP contribution < -0.4 is 14.4 Å². The first kappa shape index (κ1) is 24.9. The fourth-order valence-electron chi connectivity index (χ4n) is 2.60. The molecule has 1 amide bonds. The molecule has 31 heavy (non-hydrogen) atoms. The van der Waals surface area contributed by atoms with Crippen molar-refractivity contribution in [2.24, 2.45) is 0 Å². The number of methoxy groups -OCH3 is 1. The van der Waals surface area contributed by atoms with Crippen molar-refractivity contribution in [2.45, 2.75) is 30.6 Å². The van der Waals surface area contributed by atoms with Gasteiger partial charge in [0, 0.05) is 0 Å². The Hall–Kier alpha value is -2.38. The number of carbonyl (C=O) groups is 2. The van der Waals surface area contributed by atoms with Gasteiger partial charge in [0.05, 0.1) is 31.4 Å². The number of nitrogens with one attached hydrogen (secondary N) is 1. The van der Waals surface area contributed by atoms with Gasteiger partial charge in [0.15, 0.2) is 4.34 Å². The van der Waals surface area contributed by atoms with Gasteiger partial charge in [-0.2, -0.15) is 0 Å². The van der Waals surface area contributed by atoms with Crippen molar-refractivity contribution in [1.29, 1.82) is 0 Å². The molecule has 0 fully saturated rings. The van der Waals surface area contributed by atoms with Crippen LogP contribution in [0.5, 0.6) is 5.75 Å². The Morgan fingerprint density at radius 3 is 2.45 bits per heavy atom. The lowest BCUT2D eigenvalue weighted by Crippen LogP contribution is -2.47. The van der Waals surface area contributed by atoms with E-state index in [0.717, 1.165) is 33.7 Å². The van der Waals surface area contributed by atoms with E-state index in [-0.39, 0.29) is 17.3 Å². The van der Waals surface area contributed by atoms with Crippen LogP contribution in [-0.4, -0.2) is 62.3 Å². The number of nitrogens with zero attached hydrogens (tertiary/aromatic N) is 3. The minimum Gasteiger partial charge on any atom is -0.494 e. The van der Waals surface area contributed by atoms with Crippen molar-refractivity contribution in [3.63, 3.8) is 0 Å². The Morgan fingerprint density at radius 2 is 1.90 bits per heavy atom. The summed E-state index contributed by atoms with van der Waals surface area (Å²) in [5, 5.41) is 10.6. The highest BCUT2D eigenvalue weighted by molar-refractivity contribution is 8.01. The van der Waals surface area contributed by atoms with Crippen molar-refractivity contribution in [3.05, 3.63) is 24.3 Å². The molecule has 10 nitrogen and oxygen atoms in total. The minimum atomic E-state index is -3.76. The summed E-state index contributed by atoms with van der Waals surface area (Å²) in [5.74, 6) is -0.280. The lowest BCUT2D eigenvalue weighted by molar-refractivity contribution is -0.137. The monoisotopic (exact) mass is 488 g/mol. The van der Waals surface area contributed by atoms with Gasteiger partial charge >= 0.3 is 5.97 Å². The second-order valence-corrected chi connectivity index (χ2v) is 10.2. The largest absolute Gasteiger partial charge is 0.494 e. The maximum Gasteiger partial charge on any atom is 0.316 e. The third-order valence-corrected chi connectivity index (χ3v) is 7.04. The molecule has 1 atom stereocenters. The quantitative estimate of drug-likeness (QED) is 0.288. The Balaban J connectivity index is 2.19. The van der Waals surface area contributed by atoms with Crippen molar-refractivity contribution in [1.82, 2.24) is 10.2 Å². The molecule has 0 aliphatic carbocycles. The molecule has 0 radical (unpaired) electrons. The smallest absolute Gasteiger partial charge is 0.316 e. The summed E-state index contributed by atoms with van der Waals surface area (Å²) < 4.78 is 36.6. The number of rotatable bonds is 11. The summed E-state index contributed by atoms with van der Waals surface area (Å²) in [4.78, 5) is 24.1. The lowest BCUT2D eigenvalue weighted by Gasteiger charge is -2.29. The molecule has 1 N–H and O–H groups in total. The summed E-state index contributed by atoms with van der Waals surface area (Å²) in [6.07, 6.45) is 1.28. The number of anilines is 2. The van der Waals surface area contributed by atoms with E-state index in [2.05, 4.69) is 20.3 Å². The second kappa shape index (κ2) is 11.3. The van der Waals surface area contributed by atoms with E-state index < -0.39 is 27.9 Å². The number of sulfonamides is 1. The SMILES string of the molecule is CCOc1ccc(N([C@H](CC)C(=O)Nc2nnc(SCC(=O)OC)s2)S(C)(=O)=O)cc1. The van der Waals surface area contributed by atoms with E-state index in [4.69, 9.17) is 4.74 Å². The molecule has 0 aliphatic heterocycles. The molecule has 1 heterocycles. The third-order valence-electron chi connectivity index (χ3n) is 3.91. The first-order chi connectivity index (χ1) is 14.7. The van der Waals surface area contributed by atoms with Crippen LogP contribution in [0.15, 0.2) is 28.6 Å². The van der Waals surface area contributed by atoms with E-state index >= 15 is 0 Å². The van der Waals surface area contributed by atoms with E-state index in [1.807, 2.05) is 6.92 Å². The summed E-state index contributed by atoms with van der Waals surface area (Å²) >= 11 is 2.21. The average molecular weight is 489 g/mol. The van der Waals surface area contributed by atoms with Crippen molar-refractivity contribution in [2.75, 3.05) is 35.3 Å². The predicted molar refractivity (Wildman–Crippen MR) is 120 cm³/mol. The number of hydrogen-bond donors (Lipinski definition) is 1. The van der Waals surface area contributed by atoms with Gasteiger partial charge in [-0.25, -0.2) is 8.42 Å². The number of ether oxygens (including phenoxy) is 2. The molecule has 13 heteroatoms. The van der Waals surface area contributed by atoms with Crippen molar-refractivity contribution >= 4 is 55.8 Å². The van der Waals surface area contributed by atoms with Crippen molar-refractivity contribution < 1.29 is 27.5 Å². The maximum atomic E-state index is 12.9. The van der Waals surface area contributed by atoms with Crippen LogP contribution in [0, 0.1) is 0 Å². The molecule has 0 saturated carbocycles. The zero-order valence-electron chi connectivity index (χ0n) is 17.5. The van der Waals surface area contributed by atoms with Crippen molar-refractivity contribution in [3.8, 4) is 5.75 Å². The van der Waals surface area contributed by atoms with Gasteiger partial charge < -0.3 is 9.47 Å². The molecule has 0 unspecified atom stereocenters. The summed E-state index contributed by atoms with van der Waals surface area (Å²) in [7, 11) is -2.47. The van der Waals surface area contributed by atoms with Crippen LogP contribution in [0.3, 0.4) is 0 Å². The van der Waals surface area contributed by atoms with Gasteiger partial charge in [0.25, 0.3) is 0 Å². The molecule has 0 bridgehead atoms. The number of amides is 1. The summed E-state index contributed by atoms with van der Waals surface area (Å²) in [6.45, 7) is 4.05. The first-order valence-corrected chi connectivity index (χ1v) is 12.9. The molecule has 1 aromatic carbocycles. The molecule has 0 spiro atoms. The first-order valence-electron chi connectivity index (χ1n) is 9.25. The van der Waals surface area contributed by atoms with Gasteiger partial charge in [0.2, 0.25) is 21.1 Å². The number of carbonyl (C=O) groups excluding carboxylic acids is 2. The van der Waals surface area contributed by atoms with E-state index in [1.54, 1.807) is 31.2 Å². The minimum absolute atomic E-state index is 0.0657. The summed E-state index contributed by atoms with van der Waals surface area (Å²) in [5.41, 5.74) is 0.347. The maximum absolute atomic E-state index is 12.9. The highest BCUT2D eigenvalue weighted by Crippen LogP contribution is 2.28. The number of benzene rings is 1. The van der Waals surface area contributed by atoms with Crippen LogP contribution in [0.1, 0.15) is 20.3 Å². The molecule has 170 valence electrons. The Bertz CT molecular complexity index is 994. The summed E-state index contributed by atoms with van der Waals surface area (Å²) in [6, 6.07) is 5.49. The molecular weight excluding hydrogens is 464 g/mol. The van der Waals surface area contributed by atoms with Gasteiger partial charge in [-0.3, -0.25) is 19.2 Å². The van der Waals surface area contributed by atoms with Crippen LogP contribution in [0.25, 0.3) is 0 Å². The standard InChI is InChI=1S/C18H24N4O6S3/c1-5-14(16(24)19-17-20-21-18(30-17)29-11-15(23)27-3)22(31(4,25)26)12-7-9-13(10-8-12)28-6-2/h7-10,14H,5-6,11H2,1-4H3,(H,19,20,24)/t14-/m1/s1.